The van der Waals surface area contributed by atoms with Crippen molar-refractivity contribution in [2.24, 2.45) is 11.7 Å². The number of hydrogen-bond donors (Lipinski definition) is 1. The highest BCUT2D eigenvalue weighted by Gasteiger charge is 2.44. The molecule has 5 nitrogen and oxygen atoms in total. The maximum Gasteiger partial charge on any atom is 0.216 e. The van der Waals surface area contributed by atoms with Gasteiger partial charge in [-0.05, 0) is 38.0 Å². The largest absolute Gasteiger partial charge is 0.481 e. The van der Waals surface area contributed by atoms with Gasteiger partial charge < -0.3 is 15.2 Å². The van der Waals surface area contributed by atoms with Crippen LogP contribution < -0.4 is 10.5 Å². The highest BCUT2D eigenvalue weighted by atomic mass is 16.5. The lowest BCUT2D eigenvalue weighted by Crippen LogP contribution is -2.47. The van der Waals surface area contributed by atoms with Crippen LogP contribution in [0.15, 0.2) is 12.4 Å². The molecule has 2 unspecified atom stereocenters. The molecule has 1 aromatic heterocycles. The van der Waals surface area contributed by atoms with Crippen LogP contribution in [0, 0.1) is 5.92 Å². The molecule has 2 fully saturated rings. The number of aromatic nitrogens is 2. The van der Waals surface area contributed by atoms with Gasteiger partial charge in [-0.15, -0.1) is 0 Å². The second-order valence-corrected chi connectivity index (χ2v) is 5.65. The van der Waals surface area contributed by atoms with E-state index in [4.69, 9.17) is 15.2 Å². The highest BCUT2D eigenvalue weighted by molar-refractivity contribution is 5.17. The lowest BCUT2D eigenvalue weighted by Gasteiger charge is -2.48. The van der Waals surface area contributed by atoms with Gasteiger partial charge in [-0.25, -0.2) is 9.97 Å². The zero-order chi connectivity index (χ0) is 13.3. The fourth-order valence-electron chi connectivity index (χ4n) is 3.18. The Balaban J connectivity index is 1.73. The van der Waals surface area contributed by atoms with E-state index in [0.717, 1.165) is 25.1 Å². The number of rotatable bonds is 3. The van der Waals surface area contributed by atoms with E-state index in [-0.39, 0.29) is 11.6 Å². The predicted molar refractivity (Wildman–Crippen MR) is 70.8 cm³/mol. The Labute approximate surface area is 113 Å². The van der Waals surface area contributed by atoms with Gasteiger partial charge in [0.2, 0.25) is 5.88 Å². The van der Waals surface area contributed by atoms with Gasteiger partial charge in [0.05, 0.1) is 24.4 Å². The molecule has 3 rings (SSSR count). The monoisotopic (exact) mass is 263 g/mol. The van der Waals surface area contributed by atoms with E-state index in [2.05, 4.69) is 9.97 Å². The Morgan fingerprint density at radius 1 is 1.47 bits per heavy atom. The van der Waals surface area contributed by atoms with Crippen LogP contribution in [0.5, 0.6) is 5.88 Å². The summed E-state index contributed by atoms with van der Waals surface area (Å²) in [6.07, 6.45) is 7.23. The number of ether oxygens (including phenoxy) is 2. The molecule has 0 amide bonds. The summed E-state index contributed by atoms with van der Waals surface area (Å²) in [4.78, 5) is 8.32. The van der Waals surface area contributed by atoms with Crippen molar-refractivity contribution >= 4 is 0 Å². The number of hydrogen-bond acceptors (Lipinski definition) is 5. The van der Waals surface area contributed by atoms with Crippen LogP contribution in [-0.2, 0) is 4.74 Å². The fourth-order valence-corrected chi connectivity index (χ4v) is 3.18. The van der Waals surface area contributed by atoms with E-state index in [1.807, 2.05) is 6.07 Å². The molecule has 104 valence electrons. The normalized spacial score (nSPS) is 26.7. The predicted octanol–water partition coefficient (Wildman–Crippen LogP) is 1.83. The fraction of sp³-hybridized carbons (Fsp3) is 0.714. The zero-order valence-electron chi connectivity index (χ0n) is 11.3. The molecule has 1 saturated heterocycles. The molecule has 0 aromatic carbocycles. The summed E-state index contributed by atoms with van der Waals surface area (Å²) >= 11 is 0. The average molecular weight is 263 g/mol. The number of methoxy groups -OCH3 is 1. The second-order valence-electron chi connectivity index (χ2n) is 5.65. The third-order valence-corrected chi connectivity index (χ3v) is 4.52. The van der Waals surface area contributed by atoms with Crippen molar-refractivity contribution in [3.63, 3.8) is 0 Å². The summed E-state index contributed by atoms with van der Waals surface area (Å²) in [5, 5.41) is 0. The number of nitrogens with two attached hydrogens (primary N) is 1. The topological polar surface area (TPSA) is 70.3 Å². The van der Waals surface area contributed by atoms with E-state index in [0.29, 0.717) is 11.8 Å². The van der Waals surface area contributed by atoms with Gasteiger partial charge in [0.1, 0.15) is 6.33 Å². The third-order valence-electron chi connectivity index (χ3n) is 4.52. The van der Waals surface area contributed by atoms with E-state index in [1.165, 1.54) is 25.6 Å². The Morgan fingerprint density at radius 2 is 2.32 bits per heavy atom. The molecule has 1 saturated carbocycles. The van der Waals surface area contributed by atoms with E-state index in [9.17, 15) is 0 Å². The molecule has 0 radical (unpaired) electrons. The molecule has 1 aliphatic heterocycles. The molecule has 1 aromatic rings. The van der Waals surface area contributed by atoms with E-state index < -0.39 is 0 Å². The van der Waals surface area contributed by atoms with Gasteiger partial charge in [0.25, 0.3) is 0 Å². The van der Waals surface area contributed by atoms with Crippen LogP contribution in [-0.4, -0.2) is 29.3 Å². The van der Waals surface area contributed by atoms with Crippen LogP contribution in [0.2, 0.25) is 0 Å². The quantitative estimate of drug-likeness (QED) is 0.901. The van der Waals surface area contributed by atoms with Gasteiger partial charge in [-0.1, -0.05) is 0 Å². The highest BCUT2D eigenvalue weighted by Crippen LogP contribution is 2.46. The maximum atomic E-state index is 6.39. The van der Waals surface area contributed by atoms with Crippen molar-refractivity contribution in [2.75, 3.05) is 13.7 Å². The first-order valence-electron chi connectivity index (χ1n) is 6.98. The van der Waals surface area contributed by atoms with Crippen molar-refractivity contribution in [1.29, 1.82) is 0 Å². The van der Waals surface area contributed by atoms with Gasteiger partial charge in [0.15, 0.2) is 0 Å². The van der Waals surface area contributed by atoms with E-state index >= 15 is 0 Å². The Kier molecular flexibility index (Phi) is 3.41. The van der Waals surface area contributed by atoms with Crippen LogP contribution in [0.3, 0.4) is 0 Å². The molecule has 2 N–H and O–H groups in total. The zero-order valence-corrected chi connectivity index (χ0v) is 11.3. The lowest BCUT2D eigenvalue weighted by molar-refractivity contribution is -0.146. The van der Waals surface area contributed by atoms with Gasteiger partial charge in [-0.3, -0.25) is 0 Å². The molecule has 2 aliphatic rings. The average Bonchev–Trinajstić information content (AvgIpc) is 2.45. The molecule has 1 aliphatic carbocycles. The van der Waals surface area contributed by atoms with Gasteiger partial charge >= 0.3 is 0 Å². The summed E-state index contributed by atoms with van der Waals surface area (Å²) in [6, 6.07) is 1.78. The Morgan fingerprint density at radius 3 is 3.00 bits per heavy atom. The molecule has 19 heavy (non-hydrogen) atoms. The van der Waals surface area contributed by atoms with Crippen LogP contribution >= 0.6 is 0 Å². The first-order valence-corrected chi connectivity index (χ1v) is 6.98. The Bertz CT molecular complexity index is 448. The van der Waals surface area contributed by atoms with Crippen LogP contribution in [0.25, 0.3) is 0 Å². The van der Waals surface area contributed by atoms with Crippen molar-refractivity contribution in [2.45, 2.75) is 43.7 Å². The first kappa shape index (κ1) is 12.8. The summed E-state index contributed by atoms with van der Waals surface area (Å²) < 4.78 is 11.1. The molecular weight excluding hydrogens is 242 g/mol. The Hall–Kier alpha value is -1.20. The van der Waals surface area contributed by atoms with Crippen LogP contribution in [0.4, 0.5) is 0 Å². The molecular formula is C14H21N3O2. The van der Waals surface area contributed by atoms with Crippen molar-refractivity contribution in [1.82, 2.24) is 9.97 Å². The standard InChI is InChI=1S/C14H21N3O2/c1-18-12-7-11(16-9-17-12)13(15)10-3-6-19-14(8-10)4-2-5-14/h7,9-10,13H,2-6,8,15H2,1H3. The summed E-state index contributed by atoms with van der Waals surface area (Å²) in [7, 11) is 1.61. The van der Waals surface area contributed by atoms with Crippen LogP contribution in [0.1, 0.15) is 43.8 Å². The van der Waals surface area contributed by atoms with E-state index in [1.54, 1.807) is 7.11 Å². The van der Waals surface area contributed by atoms with Gasteiger partial charge in [-0.2, -0.15) is 0 Å². The molecule has 5 heteroatoms. The minimum atomic E-state index is -0.0572. The minimum absolute atomic E-state index is 0.0572. The number of nitrogens with zero attached hydrogens (tertiary/aromatic N) is 2. The van der Waals surface area contributed by atoms with Crippen molar-refractivity contribution in [3.05, 3.63) is 18.1 Å². The van der Waals surface area contributed by atoms with Gasteiger partial charge in [0, 0.05) is 12.7 Å². The second kappa shape index (κ2) is 5.06. The third kappa shape index (κ3) is 2.44. The molecule has 1 spiro atoms. The summed E-state index contributed by atoms with van der Waals surface area (Å²) in [5.41, 5.74) is 7.38. The molecule has 2 atom stereocenters. The summed E-state index contributed by atoms with van der Waals surface area (Å²) in [5.74, 6) is 1.01. The lowest BCUT2D eigenvalue weighted by atomic mass is 9.70. The van der Waals surface area contributed by atoms with Crippen molar-refractivity contribution in [3.8, 4) is 5.88 Å². The SMILES string of the molecule is COc1cc(C(N)C2CCOC3(CCC3)C2)ncn1. The smallest absolute Gasteiger partial charge is 0.216 e. The minimum Gasteiger partial charge on any atom is -0.481 e. The molecule has 2 heterocycles. The van der Waals surface area contributed by atoms with Crippen molar-refractivity contribution < 1.29 is 9.47 Å². The first-order chi connectivity index (χ1) is 9.22. The summed E-state index contributed by atoms with van der Waals surface area (Å²) in [6.45, 7) is 0.820. The molecule has 0 bridgehead atoms. The maximum absolute atomic E-state index is 6.39.